The van der Waals surface area contributed by atoms with E-state index in [4.69, 9.17) is 9.72 Å². The number of carbonyl (C=O) groups excluding carboxylic acids is 1. The number of nitrogens with one attached hydrogen (secondary N) is 1. The molecule has 0 atom stereocenters. The van der Waals surface area contributed by atoms with Crippen LogP contribution in [0.15, 0.2) is 24.5 Å². The summed E-state index contributed by atoms with van der Waals surface area (Å²) in [6.07, 6.45) is 6.18. The number of hydrogen-bond donors (Lipinski definition) is 1. The summed E-state index contributed by atoms with van der Waals surface area (Å²) in [4.78, 5) is 21.6. The van der Waals surface area contributed by atoms with Crippen LogP contribution in [0.5, 0.6) is 5.75 Å². The summed E-state index contributed by atoms with van der Waals surface area (Å²) in [5.74, 6) is 0.557. The minimum absolute atomic E-state index is 0.364. The van der Waals surface area contributed by atoms with Crippen LogP contribution in [0.3, 0.4) is 0 Å². The Morgan fingerprint density at radius 2 is 2.08 bits per heavy atom. The molecule has 3 heterocycles. The normalized spacial score (nSPS) is 14.1. The van der Waals surface area contributed by atoms with Gasteiger partial charge in [-0.2, -0.15) is 5.10 Å². The molecular weight excluding hydrogens is 304 g/mol. The van der Waals surface area contributed by atoms with Crippen molar-refractivity contribution >= 4 is 17.0 Å². The zero-order valence-corrected chi connectivity index (χ0v) is 13.7. The van der Waals surface area contributed by atoms with E-state index in [-0.39, 0.29) is 5.97 Å². The molecule has 24 heavy (non-hydrogen) atoms. The number of aryl methyl sites for hydroxylation is 1. The summed E-state index contributed by atoms with van der Waals surface area (Å²) in [5.41, 5.74) is 3.99. The first-order valence-electron chi connectivity index (χ1n) is 8.18. The largest absolute Gasteiger partial charge is 0.423 e. The molecule has 1 aliphatic carbocycles. The van der Waals surface area contributed by atoms with E-state index in [2.05, 4.69) is 15.2 Å². The van der Waals surface area contributed by atoms with E-state index < -0.39 is 0 Å². The molecule has 1 aliphatic rings. The highest BCUT2D eigenvalue weighted by Gasteiger charge is 2.32. The van der Waals surface area contributed by atoms with Gasteiger partial charge in [-0.3, -0.25) is 10.1 Å². The summed E-state index contributed by atoms with van der Waals surface area (Å²) in [6.45, 7) is 3.95. The second-order valence-corrected chi connectivity index (χ2v) is 6.10. The van der Waals surface area contributed by atoms with Crippen LogP contribution in [-0.2, 0) is 6.42 Å². The lowest BCUT2D eigenvalue weighted by molar-refractivity contribution is 0.0735. The van der Waals surface area contributed by atoms with Gasteiger partial charge in [0.1, 0.15) is 5.75 Å². The molecule has 0 aromatic carbocycles. The van der Waals surface area contributed by atoms with Gasteiger partial charge < -0.3 is 4.74 Å². The summed E-state index contributed by atoms with van der Waals surface area (Å²) in [5, 5.41) is 7.96. The monoisotopic (exact) mass is 322 g/mol. The van der Waals surface area contributed by atoms with Crippen LogP contribution in [0.2, 0.25) is 0 Å². The van der Waals surface area contributed by atoms with Crippen LogP contribution in [-0.4, -0.2) is 26.1 Å². The van der Waals surface area contributed by atoms with Gasteiger partial charge in [0.2, 0.25) is 0 Å². The maximum Gasteiger partial charge on any atom is 0.344 e. The van der Waals surface area contributed by atoms with Crippen molar-refractivity contribution in [3.63, 3.8) is 0 Å². The molecule has 0 bridgehead atoms. The van der Waals surface area contributed by atoms with Crippen LogP contribution in [0.4, 0.5) is 0 Å². The van der Waals surface area contributed by atoms with Gasteiger partial charge in [-0.1, -0.05) is 6.92 Å². The first kappa shape index (κ1) is 14.8. The summed E-state index contributed by atoms with van der Waals surface area (Å²) < 4.78 is 5.58. The van der Waals surface area contributed by atoms with Gasteiger partial charge in [0, 0.05) is 24.0 Å². The minimum atomic E-state index is -0.364. The standard InChI is InChI=1S/C18H18N4O2/c1-3-13-15(18(23)24-12-6-8-19-9-7-12)14-10(2)21-22-17(14)20-16(13)11-4-5-11/h6-9,11H,3-5H2,1-2H3,(H,20,21,22). The Bertz CT molecular complexity index is 914. The molecule has 1 saturated carbocycles. The van der Waals surface area contributed by atoms with E-state index >= 15 is 0 Å². The topological polar surface area (TPSA) is 80.8 Å². The molecule has 6 heteroatoms. The van der Waals surface area contributed by atoms with Gasteiger partial charge in [0.15, 0.2) is 5.65 Å². The first-order valence-corrected chi connectivity index (χ1v) is 8.18. The Balaban J connectivity index is 1.88. The van der Waals surface area contributed by atoms with Crippen LogP contribution in [0.25, 0.3) is 11.0 Å². The van der Waals surface area contributed by atoms with Crippen LogP contribution >= 0.6 is 0 Å². The molecular formula is C18H18N4O2. The predicted octanol–water partition coefficient (Wildman–Crippen LogP) is 3.32. The van der Waals surface area contributed by atoms with Gasteiger partial charge in [-0.25, -0.2) is 9.78 Å². The number of pyridine rings is 2. The van der Waals surface area contributed by atoms with Gasteiger partial charge in [-0.15, -0.1) is 0 Å². The number of aromatic amines is 1. The minimum Gasteiger partial charge on any atom is -0.423 e. The van der Waals surface area contributed by atoms with Crippen LogP contribution in [0, 0.1) is 6.92 Å². The van der Waals surface area contributed by atoms with Crippen LogP contribution in [0.1, 0.15) is 53.0 Å². The van der Waals surface area contributed by atoms with E-state index in [0.717, 1.165) is 41.6 Å². The smallest absolute Gasteiger partial charge is 0.344 e. The Labute approximate surface area is 139 Å². The molecule has 0 amide bonds. The van der Waals surface area contributed by atoms with Crippen molar-refractivity contribution < 1.29 is 9.53 Å². The van der Waals surface area contributed by atoms with E-state index in [0.29, 0.717) is 22.9 Å². The molecule has 0 aliphatic heterocycles. The van der Waals surface area contributed by atoms with Gasteiger partial charge >= 0.3 is 5.97 Å². The molecule has 1 fully saturated rings. The van der Waals surface area contributed by atoms with Crippen molar-refractivity contribution in [3.05, 3.63) is 47.0 Å². The lowest BCUT2D eigenvalue weighted by Crippen LogP contribution is -2.15. The molecule has 3 aromatic rings. The number of fused-ring (bicyclic) bond motifs is 1. The van der Waals surface area contributed by atoms with Crippen molar-refractivity contribution in [3.8, 4) is 5.75 Å². The molecule has 0 unspecified atom stereocenters. The van der Waals surface area contributed by atoms with E-state index in [1.807, 2.05) is 13.8 Å². The quantitative estimate of drug-likeness (QED) is 0.745. The molecule has 1 N–H and O–H groups in total. The molecule has 0 radical (unpaired) electrons. The van der Waals surface area contributed by atoms with Crippen molar-refractivity contribution in [2.75, 3.05) is 0 Å². The highest BCUT2D eigenvalue weighted by Crippen LogP contribution is 2.43. The van der Waals surface area contributed by atoms with Crippen molar-refractivity contribution in [2.45, 2.75) is 39.0 Å². The third kappa shape index (κ3) is 2.44. The molecule has 4 rings (SSSR count). The number of hydrogen-bond acceptors (Lipinski definition) is 5. The summed E-state index contributed by atoms with van der Waals surface area (Å²) in [6, 6.07) is 3.35. The average molecular weight is 322 g/mol. The van der Waals surface area contributed by atoms with Crippen molar-refractivity contribution in [1.82, 2.24) is 20.2 Å². The van der Waals surface area contributed by atoms with Gasteiger partial charge in [0.25, 0.3) is 0 Å². The number of H-pyrrole nitrogens is 1. The summed E-state index contributed by atoms with van der Waals surface area (Å²) in [7, 11) is 0. The van der Waals surface area contributed by atoms with Gasteiger partial charge in [-0.05, 0) is 43.9 Å². The Morgan fingerprint density at radius 1 is 1.33 bits per heavy atom. The predicted molar refractivity (Wildman–Crippen MR) is 89.2 cm³/mol. The molecule has 3 aromatic heterocycles. The fraction of sp³-hybridized carbons (Fsp3) is 0.333. The number of aromatic nitrogens is 4. The van der Waals surface area contributed by atoms with E-state index in [9.17, 15) is 4.79 Å². The zero-order valence-electron chi connectivity index (χ0n) is 13.7. The Hall–Kier alpha value is -2.76. The number of ether oxygens (including phenoxy) is 1. The third-order valence-electron chi connectivity index (χ3n) is 4.40. The number of esters is 1. The van der Waals surface area contributed by atoms with E-state index in [1.54, 1.807) is 24.5 Å². The molecule has 0 saturated heterocycles. The number of rotatable bonds is 4. The lowest BCUT2D eigenvalue weighted by Gasteiger charge is -2.13. The van der Waals surface area contributed by atoms with Crippen LogP contribution < -0.4 is 4.74 Å². The Morgan fingerprint density at radius 3 is 2.75 bits per heavy atom. The fourth-order valence-electron chi connectivity index (χ4n) is 3.10. The fourth-order valence-corrected chi connectivity index (χ4v) is 3.10. The molecule has 0 spiro atoms. The first-order chi connectivity index (χ1) is 11.7. The second-order valence-electron chi connectivity index (χ2n) is 6.10. The number of nitrogens with zero attached hydrogens (tertiary/aromatic N) is 3. The maximum atomic E-state index is 12.9. The molecule has 122 valence electrons. The van der Waals surface area contributed by atoms with E-state index in [1.165, 1.54) is 0 Å². The van der Waals surface area contributed by atoms with Gasteiger partial charge in [0.05, 0.1) is 16.6 Å². The maximum absolute atomic E-state index is 12.9. The Kier molecular flexibility index (Phi) is 3.52. The second kappa shape index (κ2) is 5.70. The van der Waals surface area contributed by atoms with Crippen molar-refractivity contribution in [2.24, 2.45) is 0 Å². The molecule has 6 nitrogen and oxygen atoms in total. The lowest BCUT2D eigenvalue weighted by atomic mass is 9.97. The average Bonchev–Trinajstić information content (AvgIpc) is 3.38. The van der Waals surface area contributed by atoms with Crippen molar-refractivity contribution in [1.29, 1.82) is 0 Å². The zero-order chi connectivity index (χ0) is 16.7. The highest BCUT2D eigenvalue weighted by molar-refractivity contribution is 6.06. The number of carbonyl (C=O) groups is 1. The summed E-state index contributed by atoms with van der Waals surface area (Å²) >= 11 is 0. The SMILES string of the molecule is CCc1c(C2CC2)nc2n[nH]c(C)c2c1C(=O)Oc1ccncc1. The third-order valence-corrected chi connectivity index (χ3v) is 4.40. The highest BCUT2D eigenvalue weighted by atomic mass is 16.5.